The number of nitrogens with one attached hydrogen (secondary N) is 1. The van der Waals surface area contributed by atoms with Gasteiger partial charge in [0.05, 0.1) is 11.5 Å². The SMILES string of the molecule is O=[N+]([O-])c1cnn(CCNc2ccc3ncc([N+](=O)[O-])n3n2)c1. The van der Waals surface area contributed by atoms with Crippen LogP contribution in [0.1, 0.15) is 0 Å². The molecule has 1 N–H and O–H groups in total. The third-order valence-electron chi connectivity index (χ3n) is 3.01. The second-order valence-corrected chi connectivity index (χ2v) is 4.51. The molecular weight excluding hydrogens is 308 g/mol. The van der Waals surface area contributed by atoms with Crippen molar-refractivity contribution in [2.75, 3.05) is 11.9 Å². The second-order valence-electron chi connectivity index (χ2n) is 4.51. The van der Waals surface area contributed by atoms with E-state index in [0.717, 1.165) is 10.7 Å². The first kappa shape index (κ1) is 14.4. The topological polar surface area (TPSA) is 146 Å². The summed E-state index contributed by atoms with van der Waals surface area (Å²) in [7, 11) is 0. The molecule has 3 aromatic rings. The molecule has 0 aliphatic heterocycles. The molecule has 0 saturated carbocycles. The molecule has 0 fully saturated rings. The Bertz CT molecular complexity index is 885. The first-order valence-electron chi connectivity index (χ1n) is 6.44. The Morgan fingerprint density at radius 1 is 1.17 bits per heavy atom. The van der Waals surface area contributed by atoms with Gasteiger partial charge in [0.25, 0.3) is 0 Å². The average Bonchev–Trinajstić information content (AvgIpc) is 3.13. The predicted molar refractivity (Wildman–Crippen MR) is 77.0 cm³/mol. The van der Waals surface area contributed by atoms with Gasteiger partial charge in [0.1, 0.15) is 18.6 Å². The van der Waals surface area contributed by atoms with E-state index in [2.05, 4.69) is 20.5 Å². The molecule has 3 aromatic heterocycles. The van der Waals surface area contributed by atoms with Gasteiger partial charge in [-0.15, -0.1) is 0 Å². The van der Waals surface area contributed by atoms with Crippen LogP contribution >= 0.6 is 0 Å². The summed E-state index contributed by atoms with van der Waals surface area (Å²) < 4.78 is 2.55. The van der Waals surface area contributed by atoms with E-state index < -0.39 is 9.85 Å². The van der Waals surface area contributed by atoms with Crippen LogP contribution < -0.4 is 5.32 Å². The van der Waals surface area contributed by atoms with Crippen molar-refractivity contribution >= 4 is 23.0 Å². The van der Waals surface area contributed by atoms with Crippen molar-refractivity contribution in [3.05, 3.63) is 51.0 Å². The van der Waals surface area contributed by atoms with Crippen LogP contribution in [0, 0.1) is 20.2 Å². The lowest BCUT2D eigenvalue weighted by molar-refractivity contribution is -0.391. The molecule has 0 aliphatic rings. The fraction of sp³-hybridized carbons (Fsp3) is 0.182. The van der Waals surface area contributed by atoms with Gasteiger partial charge in [-0.3, -0.25) is 14.8 Å². The van der Waals surface area contributed by atoms with Crippen LogP contribution in [0.4, 0.5) is 17.3 Å². The van der Waals surface area contributed by atoms with Gasteiger partial charge in [-0.2, -0.15) is 5.10 Å². The Balaban J connectivity index is 1.68. The lowest BCUT2D eigenvalue weighted by atomic mass is 10.5. The number of fused-ring (bicyclic) bond motifs is 1. The van der Waals surface area contributed by atoms with Crippen molar-refractivity contribution in [1.29, 1.82) is 0 Å². The van der Waals surface area contributed by atoms with Crippen LogP contribution in [0.15, 0.2) is 30.7 Å². The van der Waals surface area contributed by atoms with Crippen molar-refractivity contribution in [2.24, 2.45) is 0 Å². The van der Waals surface area contributed by atoms with E-state index in [9.17, 15) is 20.2 Å². The molecule has 12 nitrogen and oxygen atoms in total. The molecule has 118 valence electrons. The molecule has 0 aromatic carbocycles. The highest BCUT2D eigenvalue weighted by molar-refractivity contribution is 5.48. The fourth-order valence-electron chi connectivity index (χ4n) is 1.95. The van der Waals surface area contributed by atoms with Gasteiger partial charge in [-0.1, -0.05) is 9.61 Å². The Hall–Kier alpha value is -3.57. The first-order valence-corrected chi connectivity index (χ1v) is 6.44. The van der Waals surface area contributed by atoms with E-state index in [4.69, 9.17) is 0 Å². The number of aromatic nitrogens is 5. The van der Waals surface area contributed by atoms with E-state index in [1.807, 2.05) is 0 Å². The highest BCUT2D eigenvalue weighted by Crippen LogP contribution is 2.14. The van der Waals surface area contributed by atoms with Crippen molar-refractivity contribution in [1.82, 2.24) is 24.4 Å². The van der Waals surface area contributed by atoms with E-state index in [1.54, 1.807) is 12.1 Å². The molecule has 0 amide bonds. The largest absolute Gasteiger partial charge is 0.368 e. The van der Waals surface area contributed by atoms with E-state index >= 15 is 0 Å². The van der Waals surface area contributed by atoms with Gasteiger partial charge in [-0.25, -0.2) is 4.98 Å². The normalized spacial score (nSPS) is 10.8. The molecule has 3 heterocycles. The van der Waals surface area contributed by atoms with Crippen molar-refractivity contribution in [2.45, 2.75) is 6.54 Å². The van der Waals surface area contributed by atoms with Crippen LogP contribution in [-0.2, 0) is 6.54 Å². The number of rotatable bonds is 6. The van der Waals surface area contributed by atoms with E-state index in [0.29, 0.717) is 24.6 Å². The fourth-order valence-corrected chi connectivity index (χ4v) is 1.95. The Morgan fingerprint density at radius 3 is 2.70 bits per heavy atom. The molecule has 0 spiro atoms. The molecular formula is C11H10N8O4. The van der Waals surface area contributed by atoms with Crippen LogP contribution in [0.2, 0.25) is 0 Å². The van der Waals surface area contributed by atoms with Crippen LogP contribution in [0.3, 0.4) is 0 Å². The summed E-state index contributed by atoms with van der Waals surface area (Å²) in [5.41, 5.74) is 0.281. The lowest BCUT2D eigenvalue weighted by Crippen LogP contribution is -2.12. The Labute approximate surface area is 127 Å². The van der Waals surface area contributed by atoms with Crippen LogP contribution in [0.25, 0.3) is 5.65 Å². The summed E-state index contributed by atoms with van der Waals surface area (Å²) in [4.78, 5) is 24.2. The minimum Gasteiger partial charge on any atom is -0.365 e. The highest BCUT2D eigenvalue weighted by atomic mass is 16.6. The van der Waals surface area contributed by atoms with Crippen LogP contribution in [0.5, 0.6) is 0 Å². The zero-order chi connectivity index (χ0) is 16.4. The third-order valence-corrected chi connectivity index (χ3v) is 3.01. The summed E-state index contributed by atoms with van der Waals surface area (Å²) in [6.45, 7) is 0.763. The Kier molecular flexibility index (Phi) is 3.54. The number of imidazole rings is 1. The monoisotopic (exact) mass is 318 g/mol. The molecule has 0 radical (unpaired) electrons. The quantitative estimate of drug-likeness (QED) is 0.519. The number of nitrogens with zero attached hydrogens (tertiary/aromatic N) is 7. The van der Waals surface area contributed by atoms with E-state index in [1.165, 1.54) is 17.1 Å². The lowest BCUT2D eigenvalue weighted by Gasteiger charge is -2.04. The summed E-state index contributed by atoms with van der Waals surface area (Å²) in [6, 6.07) is 3.23. The van der Waals surface area contributed by atoms with Gasteiger partial charge in [0.15, 0.2) is 5.82 Å². The number of hydrogen-bond donors (Lipinski definition) is 1. The minimum atomic E-state index is -0.570. The van der Waals surface area contributed by atoms with Crippen LogP contribution in [-0.4, -0.2) is 40.8 Å². The third kappa shape index (κ3) is 2.90. The summed E-state index contributed by atoms with van der Waals surface area (Å²) in [5, 5.41) is 32.3. The van der Waals surface area contributed by atoms with Gasteiger partial charge in [0.2, 0.25) is 5.65 Å². The first-order chi connectivity index (χ1) is 11.0. The molecule has 12 heteroatoms. The maximum atomic E-state index is 10.9. The minimum absolute atomic E-state index is 0.0846. The summed E-state index contributed by atoms with van der Waals surface area (Å²) in [5.74, 6) is 0.187. The smallest absolute Gasteiger partial charge is 0.365 e. The Morgan fingerprint density at radius 2 is 2.00 bits per heavy atom. The maximum Gasteiger partial charge on any atom is 0.368 e. The second kappa shape index (κ2) is 5.67. The maximum absolute atomic E-state index is 10.9. The van der Waals surface area contributed by atoms with Crippen molar-refractivity contribution in [3.8, 4) is 0 Å². The van der Waals surface area contributed by atoms with Crippen molar-refractivity contribution < 1.29 is 9.85 Å². The average molecular weight is 318 g/mol. The standard InChI is InChI=1S/C11H10N8O4/c20-18(21)8-5-14-16(7-8)4-3-12-9-1-2-10-13-6-11(19(22)23)17(10)15-9/h1-2,5-7H,3-4H2,(H,12,15). The zero-order valence-corrected chi connectivity index (χ0v) is 11.6. The predicted octanol–water partition coefficient (Wildman–Crippen LogP) is 0.854. The van der Waals surface area contributed by atoms with Gasteiger partial charge >= 0.3 is 11.5 Å². The number of hydrogen-bond acceptors (Lipinski definition) is 8. The molecule has 0 atom stereocenters. The van der Waals surface area contributed by atoms with E-state index in [-0.39, 0.29) is 11.5 Å². The zero-order valence-electron chi connectivity index (χ0n) is 11.6. The molecule has 0 bridgehead atoms. The number of nitro groups is 2. The highest BCUT2D eigenvalue weighted by Gasteiger charge is 2.15. The van der Waals surface area contributed by atoms with Gasteiger partial charge in [0, 0.05) is 12.6 Å². The molecule has 0 aliphatic carbocycles. The molecule has 3 rings (SSSR count). The molecule has 0 saturated heterocycles. The summed E-state index contributed by atoms with van der Waals surface area (Å²) in [6.07, 6.45) is 3.62. The summed E-state index contributed by atoms with van der Waals surface area (Å²) >= 11 is 0. The number of anilines is 1. The molecule has 0 unspecified atom stereocenters. The van der Waals surface area contributed by atoms with Crippen molar-refractivity contribution in [3.63, 3.8) is 0 Å². The van der Waals surface area contributed by atoms with Gasteiger partial charge in [-0.05, 0) is 11.0 Å². The van der Waals surface area contributed by atoms with Gasteiger partial charge < -0.3 is 15.4 Å². The molecule has 23 heavy (non-hydrogen) atoms.